The SMILES string of the molecule is COc1cccc2[nH]c(C(=O)N3C[C@H]4CC(F)(F)C[C@H]4[C@H]3C(=O)N[C@@H](C#N)C[C@@H]3CCNC3=O)cc12. The lowest BCUT2D eigenvalue weighted by atomic mass is 9.92. The number of carbonyl (C=O) groups excluding carboxylic acids is 3. The first kappa shape index (κ1) is 24.0. The molecule has 1 aliphatic carbocycles. The van der Waals surface area contributed by atoms with Crippen molar-refractivity contribution in [1.29, 1.82) is 5.26 Å². The van der Waals surface area contributed by atoms with E-state index in [-0.39, 0.29) is 24.6 Å². The Balaban J connectivity index is 1.40. The first-order valence-electron chi connectivity index (χ1n) is 12.0. The molecule has 1 aromatic carbocycles. The molecule has 2 saturated heterocycles. The molecule has 3 N–H and O–H groups in total. The van der Waals surface area contributed by atoms with Gasteiger partial charge < -0.3 is 25.3 Å². The van der Waals surface area contributed by atoms with E-state index in [4.69, 9.17) is 4.74 Å². The summed E-state index contributed by atoms with van der Waals surface area (Å²) >= 11 is 0. The van der Waals surface area contributed by atoms with Gasteiger partial charge in [0.2, 0.25) is 17.7 Å². The van der Waals surface area contributed by atoms with Crippen molar-refractivity contribution in [1.82, 2.24) is 20.5 Å². The van der Waals surface area contributed by atoms with Gasteiger partial charge >= 0.3 is 0 Å². The van der Waals surface area contributed by atoms with Crippen LogP contribution < -0.4 is 15.4 Å². The standard InChI is InChI=1S/C25H27F2N5O4/c1-36-20-4-2-3-18-16(20)8-19(31-18)24(35)32-12-14-9-25(26,27)10-17(14)21(32)23(34)30-15(11-28)7-13-5-6-29-22(13)33/h2-4,8,13-15,17,21,31H,5-7,9-10,12H2,1H3,(H,29,33)(H,30,34)/t13-,14+,15+,17+,21-/m0/s1. The summed E-state index contributed by atoms with van der Waals surface area (Å²) in [5.74, 6) is -5.29. The summed E-state index contributed by atoms with van der Waals surface area (Å²) in [6.07, 6.45) is -0.208. The molecular weight excluding hydrogens is 472 g/mol. The summed E-state index contributed by atoms with van der Waals surface area (Å²) in [6, 6.07) is 6.84. The van der Waals surface area contributed by atoms with Gasteiger partial charge in [-0.3, -0.25) is 14.4 Å². The van der Waals surface area contributed by atoms with Gasteiger partial charge in [0.15, 0.2) is 0 Å². The summed E-state index contributed by atoms with van der Waals surface area (Å²) in [7, 11) is 1.52. The van der Waals surface area contributed by atoms with E-state index in [1.807, 2.05) is 6.07 Å². The number of nitriles is 1. The van der Waals surface area contributed by atoms with Gasteiger partial charge in [-0.2, -0.15) is 5.26 Å². The normalized spacial score (nSPS) is 27.4. The third-order valence-electron chi connectivity index (χ3n) is 7.63. The molecule has 1 aromatic heterocycles. The quantitative estimate of drug-likeness (QED) is 0.562. The van der Waals surface area contributed by atoms with Crippen molar-refractivity contribution < 1.29 is 27.9 Å². The number of carbonyl (C=O) groups is 3. The average molecular weight is 500 g/mol. The molecule has 0 radical (unpaired) electrons. The number of hydrogen-bond donors (Lipinski definition) is 3. The highest BCUT2D eigenvalue weighted by Gasteiger charge is 2.58. The molecule has 9 nitrogen and oxygen atoms in total. The van der Waals surface area contributed by atoms with E-state index in [1.165, 1.54) is 12.0 Å². The van der Waals surface area contributed by atoms with E-state index >= 15 is 0 Å². The number of methoxy groups -OCH3 is 1. The summed E-state index contributed by atoms with van der Waals surface area (Å²) < 4.78 is 33.9. The minimum atomic E-state index is -2.91. The number of ether oxygens (including phenoxy) is 1. The molecule has 3 aliphatic rings. The molecule has 2 aromatic rings. The zero-order chi connectivity index (χ0) is 25.6. The summed E-state index contributed by atoms with van der Waals surface area (Å²) in [5.41, 5.74) is 0.891. The van der Waals surface area contributed by atoms with Crippen LogP contribution in [0.2, 0.25) is 0 Å². The van der Waals surface area contributed by atoms with Crippen LogP contribution in [0.15, 0.2) is 24.3 Å². The maximum atomic E-state index is 14.3. The van der Waals surface area contributed by atoms with E-state index < -0.39 is 60.4 Å². The van der Waals surface area contributed by atoms with Gasteiger partial charge in [0.25, 0.3) is 5.91 Å². The van der Waals surface area contributed by atoms with E-state index in [1.54, 1.807) is 24.3 Å². The molecule has 36 heavy (non-hydrogen) atoms. The van der Waals surface area contributed by atoms with E-state index in [2.05, 4.69) is 15.6 Å². The van der Waals surface area contributed by atoms with Crippen molar-refractivity contribution in [2.75, 3.05) is 20.2 Å². The lowest BCUT2D eigenvalue weighted by Gasteiger charge is -2.28. The first-order valence-corrected chi connectivity index (χ1v) is 12.0. The molecule has 1 saturated carbocycles. The van der Waals surface area contributed by atoms with Gasteiger partial charge in [-0.1, -0.05) is 6.07 Å². The van der Waals surface area contributed by atoms with Crippen LogP contribution in [0.25, 0.3) is 10.9 Å². The Kier molecular flexibility index (Phi) is 6.06. The van der Waals surface area contributed by atoms with Crippen LogP contribution in [0.4, 0.5) is 8.78 Å². The average Bonchev–Trinajstić information content (AvgIpc) is 3.59. The number of aromatic nitrogens is 1. The van der Waals surface area contributed by atoms with Gasteiger partial charge in [0, 0.05) is 42.8 Å². The second-order valence-electron chi connectivity index (χ2n) is 9.90. The van der Waals surface area contributed by atoms with Gasteiger partial charge in [-0.05, 0) is 42.9 Å². The van der Waals surface area contributed by atoms with Gasteiger partial charge in [0.1, 0.15) is 23.5 Å². The molecule has 3 heterocycles. The van der Waals surface area contributed by atoms with Crippen molar-refractivity contribution in [3.05, 3.63) is 30.0 Å². The minimum Gasteiger partial charge on any atom is -0.496 e. The molecular formula is C25H27F2N5O4. The number of alkyl halides is 2. The smallest absolute Gasteiger partial charge is 0.271 e. The van der Waals surface area contributed by atoms with Gasteiger partial charge in [-0.15, -0.1) is 0 Å². The fraction of sp³-hybridized carbons (Fsp3) is 0.520. The molecule has 0 unspecified atom stereocenters. The highest BCUT2D eigenvalue weighted by atomic mass is 19.3. The van der Waals surface area contributed by atoms with Crippen LogP contribution in [0.3, 0.4) is 0 Å². The highest BCUT2D eigenvalue weighted by molar-refractivity contribution is 6.02. The first-order chi connectivity index (χ1) is 17.2. The Hall–Kier alpha value is -3.68. The number of nitrogens with zero attached hydrogens (tertiary/aromatic N) is 2. The molecule has 3 amide bonds. The number of rotatable bonds is 6. The highest BCUT2D eigenvalue weighted by Crippen LogP contribution is 2.50. The maximum absolute atomic E-state index is 14.3. The number of H-pyrrole nitrogens is 1. The van der Waals surface area contributed by atoms with Gasteiger partial charge in [0.05, 0.1) is 13.2 Å². The molecule has 0 spiro atoms. The number of likely N-dealkylation sites (tertiary alicyclic amines) is 1. The summed E-state index contributed by atoms with van der Waals surface area (Å²) in [5, 5.41) is 15.6. The molecule has 5 rings (SSSR count). The number of hydrogen-bond acceptors (Lipinski definition) is 5. The molecule has 2 aliphatic heterocycles. The minimum absolute atomic E-state index is 0.0198. The van der Waals surface area contributed by atoms with Crippen LogP contribution in [0, 0.1) is 29.1 Å². The van der Waals surface area contributed by atoms with Gasteiger partial charge in [-0.25, -0.2) is 8.78 Å². The van der Waals surface area contributed by atoms with Crippen molar-refractivity contribution >= 4 is 28.6 Å². The fourth-order valence-corrected chi connectivity index (χ4v) is 5.97. The summed E-state index contributed by atoms with van der Waals surface area (Å²) in [6.45, 7) is 0.528. The second-order valence-corrected chi connectivity index (χ2v) is 9.90. The monoisotopic (exact) mass is 499 g/mol. The van der Waals surface area contributed by atoms with E-state index in [0.29, 0.717) is 29.6 Å². The molecule has 5 atom stereocenters. The number of halogens is 2. The predicted octanol–water partition coefficient (Wildman–Crippen LogP) is 2.20. The van der Waals surface area contributed by atoms with Crippen molar-refractivity contribution in [3.8, 4) is 11.8 Å². The predicted molar refractivity (Wildman–Crippen MR) is 124 cm³/mol. The Morgan fingerprint density at radius 1 is 1.36 bits per heavy atom. The Morgan fingerprint density at radius 3 is 2.86 bits per heavy atom. The van der Waals surface area contributed by atoms with Crippen molar-refractivity contribution in [2.24, 2.45) is 17.8 Å². The molecule has 190 valence electrons. The Morgan fingerprint density at radius 2 is 2.17 bits per heavy atom. The number of amides is 3. The third kappa shape index (κ3) is 4.25. The summed E-state index contributed by atoms with van der Waals surface area (Å²) in [4.78, 5) is 43.3. The largest absolute Gasteiger partial charge is 0.496 e. The second kappa shape index (κ2) is 9.08. The molecule has 3 fully saturated rings. The molecule has 11 heteroatoms. The van der Waals surface area contributed by atoms with E-state index in [9.17, 15) is 28.4 Å². The number of aromatic amines is 1. The van der Waals surface area contributed by atoms with Crippen LogP contribution in [-0.4, -0.2) is 65.8 Å². The number of benzene rings is 1. The fourth-order valence-electron chi connectivity index (χ4n) is 5.97. The van der Waals surface area contributed by atoms with E-state index in [0.717, 1.165) is 0 Å². The molecule has 0 bridgehead atoms. The Labute approximate surface area is 206 Å². The Bertz CT molecular complexity index is 1250. The maximum Gasteiger partial charge on any atom is 0.271 e. The van der Waals surface area contributed by atoms with Crippen LogP contribution in [0.5, 0.6) is 5.75 Å². The zero-order valence-corrected chi connectivity index (χ0v) is 19.7. The number of fused-ring (bicyclic) bond motifs is 2. The zero-order valence-electron chi connectivity index (χ0n) is 19.7. The van der Waals surface area contributed by atoms with Crippen LogP contribution in [0.1, 0.15) is 36.2 Å². The van der Waals surface area contributed by atoms with Crippen LogP contribution >= 0.6 is 0 Å². The topological polar surface area (TPSA) is 127 Å². The number of nitrogens with one attached hydrogen (secondary N) is 3. The van der Waals surface area contributed by atoms with Crippen molar-refractivity contribution in [3.63, 3.8) is 0 Å². The van der Waals surface area contributed by atoms with Crippen LogP contribution in [-0.2, 0) is 9.59 Å². The lowest BCUT2D eigenvalue weighted by Crippen LogP contribution is -2.51. The van der Waals surface area contributed by atoms with Crippen molar-refractivity contribution in [2.45, 2.75) is 43.7 Å². The lowest BCUT2D eigenvalue weighted by molar-refractivity contribution is -0.127. The third-order valence-corrected chi connectivity index (χ3v) is 7.63.